The second-order valence-corrected chi connectivity index (χ2v) is 6.95. The number of esters is 1. The van der Waals surface area contributed by atoms with Crippen molar-refractivity contribution in [2.75, 3.05) is 26.0 Å². The van der Waals surface area contributed by atoms with Crippen LogP contribution in [0.5, 0.6) is 5.75 Å². The molecule has 142 valence electrons. The SMILES string of the molecule is COc1ccc(C(=O)OCC(=O)N2CCS[C@@H]2c2ccccc2F)cc1F. The van der Waals surface area contributed by atoms with Crippen LogP contribution in [0.4, 0.5) is 8.78 Å². The zero-order valence-corrected chi connectivity index (χ0v) is 15.3. The first-order valence-electron chi connectivity index (χ1n) is 8.17. The molecule has 1 amide bonds. The van der Waals surface area contributed by atoms with Crippen molar-refractivity contribution in [3.05, 3.63) is 65.2 Å². The second kappa shape index (κ2) is 8.39. The molecule has 0 spiro atoms. The number of hydrogen-bond donors (Lipinski definition) is 0. The number of ether oxygens (including phenoxy) is 2. The molecule has 0 bridgehead atoms. The molecule has 0 unspecified atom stereocenters. The number of carbonyl (C=O) groups is 2. The van der Waals surface area contributed by atoms with Crippen LogP contribution in [-0.2, 0) is 9.53 Å². The lowest BCUT2D eigenvalue weighted by atomic mass is 10.2. The van der Waals surface area contributed by atoms with Gasteiger partial charge in [-0.3, -0.25) is 4.79 Å². The minimum atomic E-state index is -0.820. The number of methoxy groups -OCH3 is 1. The second-order valence-electron chi connectivity index (χ2n) is 5.76. The third-order valence-corrected chi connectivity index (χ3v) is 5.34. The summed E-state index contributed by atoms with van der Waals surface area (Å²) >= 11 is 1.44. The summed E-state index contributed by atoms with van der Waals surface area (Å²) in [6.45, 7) is -0.0742. The maximum absolute atomic E-state index is 14.0. The molecule has 1 aliphatic rings. The average molecular weight is 393 g/mol. The molecule has 0 N–H and O–H groups in total. The first-order chi connectivity index (χ1) is 13.0. The Morgan fingerprint density at radius 1 is 1.19 bits per heavy atom. The Kier molecular flexibility index (Phi) is 5.95. The van der Waals surface area contributed by atoms with E-state index in [9.17, 15) is 18.4 Å². The summed E-state index contributed by atoms with van der Waals surface area (Å²) in [7, 11) is 1.31. The van der Waals surface area contributed by atoms with Crippen LogP contribution in [0.3, 0.4) is 0 Å². The zero-order valence-electron chi connectivity index (χ0n) is 14.5. The van der Waals surface area contributed by atoms with Gasteiger partial charge in [-0.25, -0.2) is 13.6 Å². The molecule has 1 heterocycles. The molecular formula is C19H17F2NO4S. The van der Waals surface area contributed by atoms with Gasteiger partial charge in [-0.1, -0.05) is 18.2 Å². The lowest BCUT2D eigenvalue weighted by Gasteiger charge is -2.24. The van der Waals surface area contributed by atoms with Crippen molar-refractivity contribution < 1.29 is 27.8 Å². The summed E-state index contributed by atoms with van der Waals surface area (Å²) in [5, 5.41) is -0.462. The summed E-state index contributed by atoms with van der Waals surface area (Å²) in [6, 6.07) is 9.90. The van der Waals surface area contributed by atoms with Gasteiger partial charge in [0.25, 0.3) is 5.91 Å². The van der Waals surface area contributed by atoms with Crippen LogP contribution in [0.2, 0.25) is 0 Å². The molecule has 0 saturated carbocycles. The maximum atomic E-state index is 14.0. The van der Waals surface area contributed by atoms with E-state index < -0.39 is 29.7 Å². The number of amides is 1. The van der Waals surface area contributed by atoms with Crippen molar-refractivity contribution in [1.82, 2.24) is 4.90 Å². The van der Waals surface area contributed by atoms with Crippen LogP contribution >= 0.6 is 11.8 Å². The molecule has 1 aliphatic heterocycles. The van der Waals surface area contributed by atoms with Gasteiger partial charge in [-0.05, 0) is 24.3 Å². The Morgan fingerprint density at radius 3 is 2.67 bits per heavy atom. The fourth-order valence-corrected chi connectivity index (χ4v) is 4.04. The number of thioether (sulfide) groups is 1. The largest absolute Gasteiger partial charge is 0.494 e. The van der Waals surface area contributed by atoms with E-state index in [2.05, 4.69) is 0 Å². The molecule has 0 aliphatic carbocycles. The number of halogens is 2. The van der Waals surface area contributed by atoms with Crippen LogP contribution in [0.15, 0.2) is 42.5 Å². The summed E-state index contributed by atoms with van der Waals surface area (Å²) in [4.78, 5) is 26.0. The van der Waals surface area contributed by atoms with Crippen LogP contribution in [-0.4, -0.2) is 42.8 Å². The van der Waals surface area contributed by atoms with Crippen molar-refractivity contribution in [1.29, 1.82) is 0 Å². The molecule has 1 fully saturated rings. The minimum absolute atomic E-state index is 0.00412. The highest BCUT2D eigenvalue weighted by molar-refractivity contribution is 7.99. The van der Waals surface area contributed by atoms with Gasteiger partial charge >= 0.3 is 5.97 Å². The topological polar surface area (TPSA) is 55.8 Å². The van der Waals surface area contributed by atoms with Crippen molar-refractivity contribution in [3.8, 4) is 5.75 Å². The fraction of sp³-hybridized carbons (Fsp3) is 0.263. The number of nitrogens with zero attached hydrogens (tertiary/aromatic N) is 1. The highest BCUT2D eigenvalue weighted by Gasteiger charge is 2.32. The highest BCUT2D eigenvalue weighted by atomic mass is 32.2. The van der Waals surface area contributed by atoms with Gasteiger partial charge in [0.15, 0.2) is 18.2 Å². The average Bonchev–Trinajstić information content (AvgIpc) is 3.15. The van der Waals surface area contributed by atoms with Gasteiger partial charge in [-0.15, -0.1) is 11.8 Å². The van der Waals surface area contributed by atoms with Crippen LogP contribution < -0.4 is 4.74 Å². The smallest absolute Gasteiger partial charge is 0.338 e. The van der Waals surface area contributed by atoms with E-state index in [0.29, 0.717) is 17.9 Å². The number of carbonyl (C=O) groups excluding carboxylic acids is 2. The lowest BCUT2D eigenvalue weighted by molar-refractivity contribution is -0.134. The molecule has 8 heteroatoms. The first-order valence-corrected chi connectivity index (χ1v) is 9.22. The van der Waals surface area contributed by atoms with E-state index in [1.165, 1.54) is 42.0 Å². The van der Waals surface area contributed by atoms with E-state index in [0.717, 1.165) is 6.07 Å². The number of hydrogen-bond acceptors (Lipinski definition) is 5. The third kappa shape index (κ3) is 4.21. The Hall–Kier alpha value is -2.61. The Morgan fingerprint density at radius 2 is 1.96 bits per heavy atom. The van der Waals surface area contributed by atoms with Gasteiger partial charge < -0.3 is 14.4 Å². The van der Waals surface area contributed by atoms with Crippen LogP contribution in [0, 0.1) is 11.6 Å². The summed E-state index contributed by atoms with van der Waals surface area (Å²) < 4.78 is 37.5. The summed E-state index contributed by atoms with van der Waals surface area (Å²) in [6.07, 6.45) is 0. The Labute approximate surface area is 159 Å². The minimum Gasteiger partial charge on any atom is -0.494 e. The Balaban J connectivity index is 1.64. The molecule has 2 aromatic carbocycles. The van der Waals surface area contributed by atoms with E-state index in [-0.39, 0.29) is 17.1 Å². The van der Waals surface area contributed by atoms with Crippen molar-refractivity contribution in [3.63, 3.8) is 0 Å². The first kappa shape index (κ1) is 19.2. The van der Waals surface area contributed by atoms with Gasteiger partial charge in [-0.2, -0.15) is 0 Å². The molecule has 3 rings (SSSR count). The molecule has 0 aromatic heterocycles. The van der Waals surface area contributed by atoms with Gasteiger partial charge in [0.1, 0.15) is 11.2 Å². The quantitative estimate of drug-likeness (QED) is 0.729. The monoisotopic (exact) mass is 393 g/mol. The van der Waals surface area contributed by atoms with Gasteiger partial charge in [0, 0.05) is 17.9 Å². The molecule has 0 radical (unpaired) electrons. The molecule has 1 atom stereocenters. The third-order valence-electron chi connectivity index (χ3n) is 4.10. The van der Waals surface area contributed by atoms with E-state index in [1.807, 2.05) is 0 Å². The molecular weight excluding hydrogens is 376 g/mol. The van der Waals surface area contributed by atoms with Gasteiger partial charge in [0.05, 0.1) is 12.7 Å². The summed E-state index contributed by atoms with van der Waals surface area (Å²) in [5.41, 5.74) is 0.388. The zero-order chi connectivity index (χ0) is 19.4. The van der Waals surface area contributed by atoms with Crippen molar-refractivity contribution in [2.24, 2.45) is 0 Å². The number of benzene rings is 2. The summed E-state index contributed by atoms with van der Waals surface area (Å²) in [5.74, 6) is -1.68. The molecule has 2 aromatic rings. The van der Waals surface area contributed by atoms with E-state index in [4.69, 9.17) is 9.47 Å². The van der Waals surface area contributed by atoms with Crippen LogP contribution in [0.25, 0.3) is 0 Å². The Bertz CT molecular complexity index is 861. The highest BCUT2D eigenvalue weighted by Crippen LogP contribution is 2.38. The van der Waals surface area contributed by atoms with Crippen LogP contribution in [0.1, 0.15) is 21.3 Å². The molecule has 27 heavy (non-hydrogen) atoms. The standard InChI is InChI=1S/C19H17F2NO4S/c1-25-16-7-6-12(10-15(16)21)19(24)26-11-17(23)22-8-9-27-18(22)13-4-2-3-5-14(13)20/h2-7,10,18H,8-9,11H2,1H3/t18-/m1/s1. The number of rotatable bonds is 5. The van der Waals surface area contributed by atoms with E-state index in [1.54, 1.807) is 18.2 Å². The van der Waals surface area contributed by atoms with E-state index >= 15 is 0 Å². The lowest BCUT2D eigenvalue weighted by Crippen LogP contribution is -2.34. The fourth-order valence-electron chi connectivity index (χ4n) is 2.75. The van der Waals surface area contributed by atoms with Crippen molar-refractivity contribution >= 4 is 23.6 Å². The molecule has 5 nitrogen and oxygen atoms in total. The predicted octanol–water partition coefficient (Wildman–Crippen LogP) is 3.40. The van der Waals surface area contributed by atoms with Crippen molar-refractivity contribution in [2.45, 2.75) is 5.37 Å². The predicted molar refractivity (Wildman–Crippen MR) is 96.5 cm³/mol. The normalized spacial score (nSPS) is 16.3. The van der Waals surface area contributed by atoms with Gasteiger partial charge in [0.2, 0.25) is 0 Å². The maximum Gasteiger partial charge on any atom is 0.338 e. The molecule has 1 saturated heterocycles.